The Morgan fingerprint density at radius 1 is 1.47 bits per heavy atom. The van der Waals surface area contributed by atoms with Gasteiger partial charge < -0.3 is 4.74 Å². The Balaban J connectivity index is 3.32. The van der Waals surface area contributed by atoms with E-state index in [1.165, 1.54) is 19.2 Å². The zero-order valence-electron chi connectivity index (χ0n) is 8.80. The second-order valence-corrected chi connectivity index (χ2v) is 4.12. The van der Waals surface area contributed by atoms with Gasteiger partial charge in [0.2, 0.25) is 0 Å². The number of halogens is 2. The summed E-state index contributed by atoms with van der Waals surface area (Å²) in [4.78, 5) is 11.5. The predicted octanol–water partition coefficient (Wildman–Crippen LogP) is 2.93. The van der Waals surface area contributed by atoms with Crippen molar-refractivity contribution in [3.8, 4) is 0 Å². The van der Waals surface area contributed by atoms with E-state index in [-0.39, 0.29) is 10.6 Å². The van der Waals surface area contributed by atoms with E-state index in [9.17, 15) is 9.18 Å². The molecule has 0 amide bonds. The highest BCUT2D eigenvalue weighted by molar-refractivity contribution is 6.31. The molecule has 0 atom stereocenters. The Labute approximate surface area is 93.0 Å². The molecule has 1 aromatic carbocycles. The Kier molecular flexibility index (Phi) is 3.35. The van der Waals surface area contributed by atoms with Crippen LogP contribution in [0.1, 0.15) is 19.4 Å². The minimum atomic E-state index is -1.09. The molecular formula is C11H12ClFO2. The Morgan fingerprint density at radius 2 is 2.07 bits per heavy atom. The minimum absolute atomic E-state index is 0.165. The number of methoxy groups -OCH3 is 1. The van der Waals surface area contributed by atoms with Gasteiger partial charge in [-0.15, -0.1) is 0 Å². The lowest BCUT2D eigenvalue weighted by Crippen LogP contribution is -2.31. The van der Waals surface area contributed by atoms with Crippen LogP contribution in [0.2, 0.25) is 5.02 Å². The number of carbonyl (C=O) groups excluding carboxylic acids is 1. The van der Waals surface area contributed by atoms with Crippen LogP contribution < -0.4 is 0 Å². The number of carbonyl (C=O) groups is 1. The van der Waals surface area contributed by atoms with Crippen molar-refractivity contribution in [3.63, 3.8) is 0 Å². The lowest BCUT2D eigenvalue weighted by molar-refractivity contribution is -0.146. The first-order chi connectivity index (χ1) is 6.91. The normalized spacial score (nSPS) is 11.3. The third-order valence-corrected chi connectivity index (χ3v) is 2.60. The van der Waals surface area contributed by atoms with E-state index < -0.39 is 17.2 Å². The SMILES string of the molecule is COC(=O)C(C)(C)c1c(F)cccc1Cl. The lowest BCUT2D eigenvalue weighted by Gasteiger charge is -2.23. The quantitative estimate of drug-likeness (QED) is 0.731. The Morgan fingerprint density at radius 3 is 2.53 bits per heavy atom. The molecule has 0 aromatic heterocycles. The van der Waals surface area contributed by atoms with Gasteiger partial charge in [-0.1, -0.05) is 17.7 Å². The molecule has 0 saturated carbocycles. The first-order valence-electron chi connectivity index (χ1n) is 4.44. The number of hydrogen-bond donors (Lipinski definition) is 0. The maximum Gasteiger partial charge on any atom is 0.315 e. The molecule has 0 aliphatic rings. The monoisotopic (exact) mass is 230 g/mol. The van der Waals surface area contributed by atoms with E-state index >= 15 is 0 Å². The molecule has 0 spiro atoms. The number of rotatable bonds is 2. The first-order valence-corrected chi connectivity index (χ1v) is 4.82. The van der Waals surface area contributed by atoms with Gasteiger partial charge in [-0.3, -0.25) is 4.79 Å². The molecular weight excluding hydrogens is 219 g/mol. The summed E-state index contributed by atoms with van der Waals surface area (Å²) in [5.74, 6) is -1.02. The van der Waals surface area contributed by atoms with E-state index in [1.807, 2.05) is 0 Å². The van der Waals surface area contributed by atoms with Crippen molar-refractivity contribution in [3.05, 3.63) is 34.6 Å². The first kappa shape index (κ1) is 12.0. The molecule has 82 valence electrons. The summed E-state index contributed by atoms with van der Waals surface area (Å²) in [6, 6.07) is 4.31. The molecule has 4 heteroatoms. The van der Waals surface area contributed by atoms with Crippen molar-refractivity contribution >= 4 is 17.6 Å². The Hall–Kier alpha value is -1.09. The van der Waals surface area contributed by atoms with Gasteiger partial charge in [0.25, 0.3) is 0 Å². The zero-order chi connectivity index (χ0) is 11.6. The molecule has 0 aliphatic carbocycles. The fourth-order valence-electron chi connectivity index (χ4n) is 1.45. The highest BCUT2D eigenvalue weighted by atomic mass is 35.5. The molecule has 0 aliphatic heterocycles. The third kappa shape index (κ3) is 2.12. The highest BCUT2D eigenvalue weighted by Crippen LogP contribution is 2.32. The van der Waals surface area contributed by atoms with Gasteiger partial charge >= 0.3 is 5.97 Å². The molecule has 0 radical (unpaired) electrons. The van der Waals surface area contributed by atoms with Gasteiger partial charge in [-0.25, -0.2) is 4.39 Å². The van der Waals surface area contributed by atoms with Crippen molar-refractivity contribution in [2.24, 2.45) is 0 Å². The standard InChI is InChI=1S/C11H12ClFO2/c1-11(2,10(14)15-3)9-7(12)5-4-6-8(9)13/h4-6H,1-3H3. The summed E-state index contributed by atoms with van der Waals surface area (Å²) in [7, 11) is 1.26. The van der Waals surface area contributed by atoms with Crippen LogP contribution in [0, 0.1) is 5.82 Å². The summed E-state index contributed by atoms with van der Waals surface area (Å²) in [6.45, 7) is 3.15. The summed E-state index contributed by atoms with van der Waals surface area (Å²) in [5, 5.41) is 0.227. The van der Waals surface area contributed by atoms with Crippen LogP contribution in [-0.2, 0) is 14.9 Å². The summed E-state index contributed by atoms with van der Waals surface area (Å²) in [5.41, 5.74) is -0.921. The molecule has 15 heavy (non-hydrogen) atoms. The van der Waals surface area contributed by atoms with Gasteiger partial charge in [-0.05, 0) is 26.0 Å². The van der Waals surface area contributed by atoms with Gasteiger partial charge in [0.1, 0.15) is 5.82 Å². The van der Waals surface area contributed by atoms with Crippen molar-refractivity contribution < 1.29 is 13.9 Å². The molecule has 0 heterocycles. The average Bonchev–Trinajstić information content (AvgIpc) is 2.15. The number of hydrogen-bond acceptors (Lipinski definition) is 2. The van der Waals surface area contributed by atoms with Crippen molar-refractivity contribution in [1.82, 2.24) is 0 Å². The Bertz CT molecular complexity index is 368. The van der Waals surface area contributed by atoms with E-state index in [4.69, 9.17) is 11.6 Å². The molecule has 1 rings (SSSR count). The minimum Gasteiger partial charge on any atom is -0.468 e. The van der Waals surface area contributed by atoms with Gasteiger partial charge in [0.15, 0.2) is 0 Å². The zero-order valence-corrected chi connectivity index (χ0v) is 9.56. The number of ether oxygens (including phenoxy) is 1. The largest absolute Gasteiger partial charge is 0.468 e. The van der Waals surface area contributed by atoms with Crippen molar-refractivity contribution in [2.45, 2.75) is 19.3 Å². The average molecular weight is 231 g/mol. The van der Waals surface area contributed by atoms with Gasteiger partial charge in [-0.2, -0.15) is 0 Å². The summed E-state index contributed by atoms with van der Waals surface area (Å²) in [6.07, 6.45) is 0. The molecule has 0 saturated heterocycles. The number of benzene rings is 1. The number of esters is 1. The smallest absolute Gasteiger partial charge is 0.315 e. The molecule has 1 aromatic rings. The highest BCUT2D eigenvalue weighted by Gasteiger charge is 2.35. The van der Waals surface area contributed by atoms with Crippen LogP contribution in [-0.4, -0.2) is 13.1 Å². The third-order valence-electron chi connectivity index (χ3n) is 2.28. The second kappa shape index (κ2) is 4.19. The van der Waals surface area contributed by atoms with E-state index in [0.29, 0.717) is 0 Å². The van der Waals surface area contributed by atoms with E-state index in [0.717, 1.165) is 0 Å². The lowest BCUT2D eigenvalue weighted by atomic mass is 9.84. The van der Waals surface area contributed by atoms with Crippen LogP contribution in [0.4, 0.5) is 4.39 Å². The van der Waals surface area contributed by atoms with Crippen LogP contribution in [0.3, 0.4) is 0 Å². The molecule has 0 N–H and O–H groups in total. The summed E-state index contributed by atoms with van der Waals surface area (Å²) < 4.78 is 18.2. The fraction of sp³-hybridized carbons (Fsp3) is 0.364. The fourth-order valence-corrected chi connectivity index (χ4v) is 1.85. The van der Waals surface area contributed by atoms with Crippen LogP contribution in [0.25, 0.3) is 0 Å². The summed E-state index contributed by atoms with van der Waals surface area (Å²) >= 11 is 5.87. The van der Waals surface area contributed by atoms with E-state index in [2.05, 4.69) is 4.74 Å². The molecule has 0 bridgehead atoms. The molecule has 2 nitrogen and oxygen atoms in total. The van der Waals surface area contributed by atoms with Gasteiger partial charge in [0.05, 0.1) is 12.5 Å². The van der Waals surface area contributed by atoms with Crippen LogP contribution in [0.15, 0.2) is 18.2 Å². The predicted molar refractivity (Wildman–Crippen MR) is 56.5 cm³/mol. The van der Waals surface area contributed by atoms with Crippen molar-refractivity contribution in [2.75, 3.05) is 7.11 Å². The van der Waals surface area contributed by atoms with Crippen LogP contribution >= 0.6 is 11.6 Å². The molecule has 0 fully saturated rings. The van der Waals surface area contributed by atoms with Crippen LogP contribution in [0.5, 0.6) is 0 Å². The maximum atomic E-state index is 13.6. The van der Waals surface area contributed by atoms with E-state index in [1.54, 1.807) is 19.9 Å². The second-order valence-electron chi connectivity index (χ2n) is 3.71. The van der Waals surface area contributed by atoms with Gasteiger partial charge in [0, 0.05) is 10.6 Å². The van der Waals surface area contributed by atoms with Crippen molar-refractivity contribution in [1.29, 1.82) is 0 Å². The maximum absolute atomic E-state index is 13.6. The molecule has 0 unspecified atom stereocenters. The topological polar surface area (TPSA) is 26.3 Å².